The van der Waals surface area contributed by atoms with E-state index in [9.17, 15) is 29.2 Å². The molecule has 2 aromatic carbocycles. The van der Waals surface area contributed by atoms with Gasteiger partial charge in [-0.3, -0.25) is 0 Å². The standard InChI is InChI=1S/C23H26F2O6/c24-23(25)30-16-6-1-12(2-7-16)9-15-10-14(5-8-17(15)13-3-4-13)22-21(29)20(28)19(27)18(11-26)31-22/h1-2,5-8,10,13,18-23,26-29H,3-4,9,11H2/t18-,19-,20+,21-,22+/m1/s1. The first kappa shape index (κ1) is 22.1. The van der Waals surface area contributed by atoms with Crippen LogP contribution in [0.2, 0.25) is 0 Å². The summed E-state index contributed by atoms with van der Waals surface area (Å²) in [5.74, 6) is 0.552. The van der Waals surface area contributed by atoms with Crippen molar-refractivity contribution in [2.45, 2.75) is 62.3 Å². The Hall–Kier alpha value is -2.10. The minimum Gasteiger partial charge on any atom is -0.435 e. The number of hydrogen-bond donors (Lipinski definition) is 4. The Balaban J connectivity index is 1.60. The van der Waals surface area contributed by atoms with Gasteiger partial charge >= 0.3 is 6.61 Å². The van der Waals surface area contributed by atoms with Crippen LogP contribution in [0.3, 0.4) is 0 Å². The van der Waals surface area contributed by atoms with Gasteiger partial charge in [0.05, 0.1) is 6.61 Å². The number of benzene rings is 2. The van der Waals surface area contributed by atoms with Crippen LogP contribution in [0.25, 0.3) is 0 Å². The minimum absolute atomic E-state index is 0.0937. The molecule has 0 bridgehead atoms. The molecule has 2 fully saturated rings. The lowest BCUT2D eigenvalue weighted by Crippen LogP contribution is -2.55. The highest BCUT2D eigenvalue weighted by Crippen LogP contribution is 2.43. The van der Waals surface area contributed by atoms with Gasteiger partial charge in [0.1, 0.15) is 36.3 Å². The van der Waals surface area contributed by atoms with E-state index >= 15 is 0 Å². The third-order valence-corrected chi connectivity index (χ3v) is 5.95. The molecule has 1 aliphatic carbocycles. The molecule has 5 atom stereocenters. The van der Waals surface area contributed by atoms with Crippen LogP contribution in [0.1, 0.15) is 47.1 Å². The van der Waals surface area contributed by atoms with E-state index < -0.39 is 43.7 Å². The summed E-state index contributed by atoms with van der Waals surface area (Å²) in [6, 6.07) is 12.2. The Morgan fingerprint density at radius 1 is 0.968 bits per heavy atom. The Morgan fingerprint density at radius 3 is 2.29 bits per heavy atom. The van der Waals surface area contributed by atoms with Crippen molar-refractivity contribution in [3.8, 4) is 5.75 Å². The van der Waals surface area contributed by atoms with Crippen molar-refractivity contribution in [1.29, 1.82) is 0 Å². The smallest absolute Gasteiger partial charge is 0.387 e. The fraction of sp³-hybridized carbons (Fsp3) is 0.478. The van der Waals surface area contributed by atoms with E-state index in [4.69, 9.17) is 4.74 Å². The maximum atomic E-state index is 12.4. The highest BCUT2D eigenvalue weighted by Gasteiger charge is 2.44. The van der Waals surface area contributed by atoms with Crippen molar-refractivity contribution < 1.29 is 38.7 Å². The molecule has 2 aromatic rings. The third kappa shape index (κ3) is 4.88. The molecule has 168 valence electrons. The molecule has 0 aromatic heterocycles. The topological polar surface area (TPSA) is 99.4 Å². The van der Waals surface area contributed by atoms with Gasteiger partial charge in [-0.15, -0.1) is 0 Å². The van der Waals surface area contributed by atoms with Gasteiger partial charge in [-0.25, -0.2) is 0 Å². The van der Waals surface area contributed by atoms with Crippen LogP contribution < -0.4 is 4.74 Å². The van der Waals surface area contributed by atoms with Gasteiger partial charge in [0, 0.05) is 0 Å². The van der Waals surface area contributed by atoms with E-state index in [0.717, 1.165) is 24.0 Å². The Labute approximate surface area is 178 Å². The van der Waals surface area contributed by atoms with Crippen LogP contribution in [0, 0.1) is 0 Å². The number of rotatable bonds is 7. The maximum absolute atomic E-state index is 12.4. The molecular formula is C23H26F2O6. The van der Waals surface area contributed by atoms with Crippen molar-refractivity contribution in [1.82, 2.24) is 0 Å². The Morgan fingerprint density at radius 2 is 1.68 bits per heavy atom. The van der Waals surface area contributed by atoms with E-state index in [0.29, 0.717) is 17.9 Å². The number of halogens is 2. The molecule has 1 heterocycles. The van der Waals surface area contributed by atoms with Crippen LogP contribution in [-0.2, 0) is 11.2 Å². The third-order valence-electron chi connectivity index (χ3n) is 5.95. The van der Waals surface area contributed by atoms with Crippen molar-refractivity contribution in [2.24, 2.45) is 0 Å². The van der Waals surface area contributed by atoms with E-state index in [1.165, 1.54) is 17.7 Å². The lowest BCUT2D eigenvalue weighted by atomic mass is 9.88. The van der Waals surface area contributed by atoms with Crippen LogP contribution in [0.5, 0.6) is 5.75 Å². The first-order valence-corrected chi connectivity index (χ1v) is 10.3. The first-order valence-electron chi connectivity index (χ1n) is 10.3. The number of ether oxygens (including phenoxy) is 2. The summed E-state index contributed by atoms with van der Waals surface area (Å²) in [7, 11) is 0. The molecule has 2 aliphatic rings. The maximum Gasteiger partial charge on any atom is 0.387 e. The largest absolute Gasteiger partial charge is 0.435 e. The SMILES string of the molecule is OC[C@H]1O[C@@H](c2ccc(C3CC3)c(Cc3ccc(OC(F)F)cc3)c2)[C@H](O)[C@@H](O)[C@@H]1O. The van der Waals surface area contributed by atoms with Crippen LogP contribution in [-0.4, -0.2) is 58.1 Å². The number of aliphatic hydroxyl groups is 4. The second-order valence-electron chi connectivity index (χ2n) is 8.18. The molecule has 1 aliphatic heterocycles. The van der Waals surface area contributed by atoms with Crippen molar-refractivity contribution >= 4 is 0 Å². The van der Waals surface area contributed by atoms with Gasteiger partial charge in [-0.2, -0.15) is 8.78 Å². The minimum atomic E-state index is -2.87. The lowest BCUT2D eigenvalue weighted by molar-refractivity contribution is -0.231. The average molecular weight is 436 g/mol. The molecule has 1 saturated carbocycles. The van der Waals surface area contributed by atoms with Crippen LogP contribution in [0.15, 0.2) is 42.5 Å². The van der Waals surface area contributed by atoms with Gasteiger partial charge in [0.15, 0.2) is 0 Å². The quantitative estimate of drug-likeness (QED) is 0.532. The molecule has 1 saturated heterocycles. The molecule has 8 heteroatoms. The van der Waals surface area contributed by atoms with Gasteiger partial charge in [-0.05, 0) is 59.6 Å². The molecule has 4 rings (SSSR count). The summed E-state index contributed by atoms with van der Waals surface area (Å²) >= 11 is 0. The van der Waals surface area contributed by atoms with E-state index in [-0.39, 0.29) is 5.75 Å². The summed E-state index contributed by atoms with van der Waals surface area (Å²) < 4.78 is 34.8. The van der Waals surface area contributed by atoms with Gasteiger partial charge < -0.3 is 29.9 Å². The van der Waals surface area contributed by atoms with Crippen LogP contribution >= 0.6 is 0 Å². The molecular weight excluding hydrogens is 410 g/mol. The zero-order valence-electron chi connectivity index (χ0n) is 16.8. The van der Waals surface area contributed by atoms with E-state index in [1.807, 2.05) is 18.2 Å². The second kappa shape index (κ2) is 9.18. The highest BCUT2D eigenvalue weighted by atomic mass is 19.3. The zero-order chi connectivity index (χ0) is 22.1. The molecule has 0 unspecified atom stereocenters. The predicted molar refractivity (Wildman–Crippen MR) is 107 cm³/mol. The Kier molecular flexibility index (Phi) is 6.55. The molecule has 6 nitrogen and oxygen atoms in total. The monoisotopic (exact) mass is 436 g/mol. The molecule has 0 radical (unpaired) electrons. The fourth-order valence-corrected chi connectivity index (χ4v) is 4.13. The van der Waals surface area contributed by atoms with Crippen molar-refractivity contribution in [3.05, 3.63) is 64.7 Å². The first-order chi connectivity index (χ1) is 14.9. The van der Waals surface area contributed by atoms with Gasteiger partial charge in [0.25, 0.3) is 0 Å². The van der Waals surface area contributed by atoms with Crippen molar-refractivity contribution in [2.75, 3.05) is 6.61 Å². The summed E-state index contributed by atoms with van der Waals surface area (Å²) in [5, 5.41) is 40.0. The van der Waals surface area contributed by atoms with Crippen molar-refractivity contribution in [3.63, 3.8) is 0 Å². The Bertz CT molecular complexity index is 884. The molecule has 0 amide bonds. The summed E-state index contributed by atoms with van der Waals surface area (Å²) in [5.41, 5.74) is 3.74. The van der Waals surface area contributed by atoms with E-state index in [1.54, 1.807) is 12.1 Å². The number of hydrogen-bond acceptors (Lipinski definition) is 6. The predicted octanol–water partition coefficient (Wildman–Crippen LogP) is 2.27. The normalized spacial score (nSPS) is 28.7. The van der Waals surface area contributed by atoms with E-state index in [2.05, 4.69) is 4.74 Å². The number of alkyl halides is 2. The lowest BCUT2D eigenvalue weighted by Gasteiger charge is -2.40. The van der Waals surface area contributed by atoms with Gasteiger partial charge in [-0.1, -0.05) is 30.3 Å². The second-order valence-corrected chi connectivity index (χ2v) is 8.18. The highest BCUT2D eigenvalue weighted by molar-refractivity contribution is 5.42. The molecule has 0 spiro atoms. The van der Waals surface area contributed by atoms with Crippen LogP contribution in [0.4, 0.5) is 8.78 Å². The van der Waals surface area contributed by atoms with Gasteiger partial charge in [0.2, 0.25) is 0 Å². The fourth-order valence-electron chi connectivity index (χ4n) is 4.13. The summed E-state index contributed by atoms with van der Waals surface area (Å²) in [4.78, 5) is 0. The summed E-state index contributed by atoms with van der Waals surface area (Å²) in [6.07, 6.45) is -3.34. The summed E-state index contributed by atoms with van der Waals surface area (Å²) in [6.45, 7) is -3.36. The molecule has 31 heavy (non-hydrogen) atoms. The number of aliphatic hydroxyl groups excluding tert-OH is 4. The zero-order valence-corrected chi connectivity index (χ0v) is 16.8. The molecule has 4 N–H and O–H groups in total. The average Bonchev–Trinajstić information content (AvgIpc) is 3.59.